The number of nitrogens with zero attached hydrogens (tertiary/aromatic N) is 3. The van der Waals surface area contributed by atoms with Gasteiger partial charge in [-0.3, -0.25) is 19.3 Å². The summed E-state index contributed by atoms with van der Waals surface area (Å²) in [6.07, 6.45) is 0.0494. The highest BCUT2D eigenvalue weighted by Gasteiger charge is 2.48. The van der Waals surface area contributed by atoms with Crippen molar-refractivity contribution in [3.8, 4) is 0 Å². The summed E-state index contributed by atoms with van der Waals surface area (Å²) in [6.45, 7) is 0.875. The van der Waals surface area contributed by atoms with Crippen LogP contribution in [-0.4, -0.2) is 45.6 Å². The molecule has 0 saturated heterocycles. The van der Waals surface area contributed by atoms with Crippen molar-refractivity contribution in [3.63, 3.8) is 0 Å². The zero-order chi connectivity index (χ0) is 24.6. The normalized spacial score (nSPS) is 18.2. The van der Waals surface area contributed by atoms with Crippen LogP contribution in [0.2, 0.25) is 5.02 Å². The number of hydrogen-bond acceptors (Lipinski definition) is 3. The van der Waals surface area contributed by atoms with Gasteiger partial charge in [0.1, 0.15) is 12.7 Å². The van der Waals surface area contributed by atoms with Crippen LogP contribution in [0.3, 0.4) is 0 Å². The second kappa shape index (κ2) is 7.70. The Balaban J connectivity index is 1.24. The molecule has 0 fully saturated rings. The van der Waals surface area contributed by atoms with Crippen molar-refractivity contribution in [1.29, 1.82) is 0 Å². The molecule has 3 aliphatic heterocycles. The van der Waals surface area contributed by atoms with Crippen LogP contribution in [0.25, 0.3) is 10.9 Å². The summed E-state index contributed by atoms with van der Waals surface area (Å²) >= 11 is 6.24. The van der Waals surface area contributed by atoms with Crippen molar-refractivity contribution < 1.29 is 14.4 Å². The number of hydrogen-bond donors (Lipinski definition) is 1. The van der Waals surface area contributed by atoms with Crippen molar-refractivity contribution in [3.05, 3.63) is 99.7 Å². The molecule has 3 aromatic carbocycles. The first-order chi connectivity index (χ1) is 17.5. The maximum absolute atomic E-state index is 13.7. The highest BCUT2D eigenvalue weighted by Crippen LogP contribution is 2.45. The molecule has 1 N–H and O–H groups in total. The van der Waals surface area contributed by atoms with Gasteiger partial charge in [-0.1, -0.05) is 41.9 Å². The second-order valence-corrected chi connectivity index (χ2v) is 9.86. The molecule has 0 radical (unpaired) electrons. The highest BCUT2D eigenvalue weighted by molar-refractivity contribution is 6.31. The van der Waals surface area contributed by atoms with Gasteiger partial charge in [-0.15, -0.1) is 0 Å². The number of para-hydroxylation sites is 1. The van der Waals surface area contributed by atoms with Gasteiger partial charge in [-0.05, 0) is 36.4 Å². The summed E-state index contributed by atoms with van der Waals surface area (Å²) in [5.74, 6) is -0.561. The Morgan fingerprint density at radius 2 is 1.75 bits per heavy atom. The van der Waals surface area contributed by atoms with Gasteiger partial charge in [-0.2, -0.15) is 0 Å². The molecule has 4 aromatic rings. The molecule has 0 saturated carbocycles. The van der Waals surface area contributed by atoms with E-state index in [1.165, 1.54) is 4.90 Å². The number of amides is 3. The number of fused-ring (bicyclic) bond motifs is 8. The van der Waals surface area contributed by atoms with Crippen LogP contribution in [0.4, 0.5) is 5.69 Å². The van der Waals surface area contributed by atoms with E-state index < -0.39 is 6.17 Å². The zero-order valence-electron chi connectivity index (χ0n) is 19.2. The van der Waals surface area contributed by atoms with E-state index in [1.54, 1.807) is 34.1 Å². The molecule has 36 heavy (non-hydrogen) atoms. The molecular formula is C28H21ClN4O3. The second-order valence-electron chi connectivity index (χ2n) is 9.42. The number of rotatable bonds is 2. The van der Waals surface area contributed by atoms with E-state index in [4.69, 9.17) is 11.6 Å². The Morgan fingerprint density at radius 3 is 2.61 bits per heavy atom. The molecule has 7 rings (SSSR count). The van der Waals surface area contributed by atoms with Gasteiger partial charge in [0.25, 0.3) is 11.8 Å². The topological polar surface area (TPSA) is 76.7 Å². The maximum atomic E-state index is 13.7. The van der Waals surface area contributed by atoms with Gasteiger partial charge in [0.05, 0.1) is 11.3 Å². The molecule has 1 aromatic heterocycles. The lowest BCUT2D eigenvalue weighted by atomic mass is 10.0. The fraction of sp³-hybridized carbons (Fsp3) is 0.179. The highest BCUT2D eigenvalue weighted by atomic mass is 35.5. The summed E-state index contributed by atoms with van der Waals surface area (Å²) in [7, 11) is 0. The lowest BCUT2D eigenvalue weighted by Gasteiger charge is -2.41. The third kappa shape index (κ3) is 2.96. The number of benzene rings is 3. The summed E-state index contributed by atoms with van der Waals surface area (Å²) < 4.78 is 0. The van der Waals surface area contributed by atoms with Crippen molar-refractivity contribution in [2.45, 2.75) is 19.1 Å². The molecule has 8 heteroatoms. The zero-order valence-corrected chi connectivity index (χ0v) is 20.0. The van der Waals surface area contributed by atoms with Crippen LogP contribution >= 0.6 is 11.6 Å². The molecule has 3 amide bonds. The predicted molar refractivity (Wildman–Crippen MR) is 136 cm³/mol. The lowest BCUT2D eigenvalue weighted by Crippen LogP contribution is -2.52. The Kier molecular flexibility index (Phi) is 4.53. The first-order valence-electron chi connectivity index (χ1n) is 11.9. The van der Waals surface area contributed by atoms with Gasteiger partial charge >= 0.3 is 0 Å². The number of aromatic nitrogens is 1. The van der Waals surface area contributed by atoms with Gasteiger partial charge < -0.3 is 14.8 Å². The van der Waals surface area contributed by atoms with Gasteiger partial charge in [-0.25, -0.2) is 0 Å². The van der Waals surface area contributed by atoms with Crippen LogP contribution in [0.15, 0.2) is 66.7 Å². The predicted octanol–water partition coefficient (Wildman–Crippen LogP) is 4.52. The third-order valence-electron chi connectivity index (χ3n) is 7.48. The minimum Gasteiger partial charge on any atom is -0.358 e. The monoisotopic (exact) mass is 496 g/mol. The molecule has 0 spiro atoms. The SMILES string of the molecule is O=C(CN1C(=O)c2ccccc2N2C(=O)c3ccccc3C12)N1CCc2[nH]c3ccc(Cl)cc3c2C1. The minimum atomic E-state index is -0.646. The number of H-pyrrole nitrogens is 1. The van der Waals surface area contributed by atoms with Gasteiger partial charge in [0.15, 0.2) is 0 Å². The van der Waals surface area contributed by atoms with E-state index in [2.05, 4.69) is 4.98 Å². The molecule has 0 bridgehead atoms. The molecule has 4 heterocycles. The fourth-order valence-electron chi connectivity index (χ4n) is 5.78. The average molecular weight is 497 g/mol. The average Bonchev–Trinajstić information content (AvgIpc) is 3.41. The number of nitrogens with one attached hydrogen (secondary N) is 1. The summed E-state index contributed by atoms with van der Waals surface area (Å²) in [6, 6.07) is 20.1. The van der Waals surface area contributed by atoms with Crippen LogP contribution in [0.1, 0.15) is 43.7 Å². The number of aromatic amines is 1. The number of carbonyl (C=O) groups is 3. The summed E-state index contributed by atoms with van der Waals surface area (Å²) in [5.41, 5.74) is 5.48. The Bertz CT molecular complexity index is 1610. The van der Waals surface area contributed by atoms with Crippen molar-refractivity contribution in [2.75, 3.05) is 18.0 Å². The van der Waals surface area contributed by atoms with E-state index in [-0.39, 0.29) is 24.3 Å². The Hall–Kier alpha value is -4.10. The van der Waals surface area contributed by atoms with E-state index >= 15 is 0 Å². The number of halogens is 1. The van der Waals surface area contributed by atoms with Crippen molar-refractivity contribution >= 4 is 45.9 Å². The first kappa shape index (κ1) is 21.2. The van der Waals surface area contributed by atoms with Gasteiger partial charge in [0, 0.05) is 57.8 Å². The summed E-state index contributed by atoms with van der Waals surface area (Å²) in [5, 5.41) is 1.66. The van der Waals surface area contributed by atoms with Gasteiger partial charge in [0.2, 0.25) is 5.91 Å². The van der Waals surface area contributed by atoms with Crippen LogP contribution < -0.4 is 4.90 Å². The molecule has 1 atom stereocenters. The number of carbonyl (C=O) groups excluding carboxylic acids is 3. The largest absolute Gasteiger partial charge is 0.358 e. The first-order valence-corrected chi connectivity index (χ1v) is 12.3. The van der Waals surface area contributed by atoms with Crippen molar-refractivity contribution in [1.82, 2.24) is 14.8 Å². The van der Waals surface area contributed by atoms with Crippen LogP contribution in [0, 0.1) is 0 Å². The molecule has 3 aliphatic rings. The van der Waals surface area contributed by atoms with E-state index in [1.807, 2.05) is 42.5 Å². The van der Waals surface area contributed by atoms with E-state index in [0.717, 1.165) is 27.7 Å². The molecule has 7 nitrogen and oxygen atoms in total. The molecule has 1 unspecified atom stereocenters. The number of anilines is 1. The van der Waals surface area contributed by atoms with E-state index in [9.17, 15) is 14.4 Å². The smallest absolute Gasteiger partial charge is 0.260 e. The quantitative estimate of drug-likeness (QED) is 0.443. The fourth-order valence-corrected chi connectivity index (χ4v) is 5.95. The third-order valence-corrected chi connectivity index (χ3v) is 7.71. The summed E-state index contributed by atoms with van der Waals surface area (Å²) in [4.78, 5) is 49.1. The van der Waals surface area contributed by atoms with Crippen LogP contribution in [0.5, 0.6) is 0 Å². The molecular weight excluding hydrogens is 476 g/mol. The van der Waals surface area contributed by atoms with Crippen LogP contribution in [-0.2, 0) is 17.8 Å². The Labute approximate surface area is 211 Å². The standard InChI is InChI=1S/C28H21ClN4O3/c29-16-9-10-22-20(13-16)21-14-31(12-11-23(21)30-22)25(34)15-32-26-17-5-1-2-6-18(17)28(36)33(26)24-8-4-3-7-19(24)27(32)35/h1-10,13,26,30H,11-12,14-15H2. The lowest BCUT2D eigenvalue weighted by molar-refractivity contribution is -0.133. The van der Waals surface area contributed by atoms with Crippen molar-refractivity contribution in [2.24, 2.45) is 0 Å². The maximum Gasteiger partial charge on any atom is 0.260 e. The molecule has 0 aliphatic carbocycles. The van der Waals surface area contributed by atoms with E-state index in [0.29, 0.717) is 41.3 Å². The minimum absolute atomic E-state index is 0.117. The Morgan fingerprint density at radius 1 is 0.972 bits per heavy atom. The molecule has 178 valence electrons.